The Morgan fingerprint density at radius 1 is 0.921 bits per heavy atom. The van der Waals surface area contributed by atoms with E-state index in [1.807, 2.05) is 39.1 Å². The molecule has 3 fully saturated rings. The van der Waals surface area contributed by atoms with Crippen molar-refractivity contribution in [3.8, 4) is 46.7 Å². The second-order valence-electron chi connectivity index (χ2n) is 20.4. The summed E-state index contributed by atoms with van der Waals surface area (Å²) in [5.41, 5.74) is 4.63. The molecule has 0 aliphatic carbocycles. The highest BCUT2D eigenvalue weighted by Crippen LogP contribution is 2.40. The van der Waals surface area contributed by atoms with Gasteiger partial charge in [0, 0.05) is 92.1 Å². The number of nitrogens with one attached hydrogen (secondary N) is 1. The van der Waals surface area contributed by atoms with Gasteiger partial charge in [-0.15, -0.1) is 5.10 Å². The first-order chi connectivity index (χ1) is 36.7. The van der Waals surface area contributed by atoms with E-state index in [-0.39, 0.29) is 89.6 Å². The average molecular weight is 1050 g/mol. The zero-order valence-corrected chi connectivity index (χ0v) is 43.5. The van der Waals surface area contributed by atoms with Crippen LogP contribution >= 0.6 is 11.6 Å². The van der Waals surface area contributed by atoms with Gasteiger partial charge >= 0.3 is 12.0 Å². The number of rotatable bonds is 13. The quantitative estimate of drug-likeness (QED) is 0.0897. The predicted molar refractivity (Wildman–Crippen MR) is 287 cm³/mol. The van der Waals surface area contributed by atoms with E-state index in [0.29, 0.717) is 99.9 Å². The Kier molecular flexibility index (Phi) is 14.7. The van der Waals surface area contributed by atoms with Crippen LogP contribution in [0, 0.1) is 17.2 Å². The summed E-state index contributed by atoms with van der Waals surface area (Å²) in [5, 5.41) is 55.5. The number of piperazine rings is 1. The van der Waals surface area contributed by atoms with E-state index in [9.17, 15) is 35.0 Å². The third-order valence-corrected chi connectivity index (χ3v) is 15.7. The van der Waals surface area contributed by atoms with Crippen LogP contribution in [-0.4, -0.2) is 150 Å². The molecule has 2 aromatic heterocycles. The monoisotopic (exact) mass is 1050 g/mol. The maximum absolute atomic E-state index is 13.8. The molecule has 4 aromatic carbocycles. The number of nitrogens with zero attached hydrogens (tertiary/aromatic N) is 11. The Bertz CT molecular complexity index is 3240. The summed E-state index contributed by atoms with van der Waals surface area (Å²) < 4.78 is 7.87. The summed E-state index contributed by atoms with van der Waals surface area (Å²) in [6.45, 7) is 11.8. The van der Waals surface area contributed by atoms with Gasteiger partial charge in [-0.2, -0.15) is 15.2 Å². The number of aromatic hydroxyl groups is 3. The molecule has 3 saturated heterocycles. The summed E-state index contributed by atoms with van der Waals surface area (Å²) in [7, 11) is 2.01. The molecule has 4 aliphatic rings. The SMILES string of the molecule is C=CC(=O)N1CCN(c2nc(OC[C@@H]3C[C@H](NC(=O)C4CCN(C(=O)c5ccc(-n6c(O)nnc6-c6cc(C(C)C)c(O)cc6O)cc5)CC4)CN3C)nc3c2CCN(c2cccc4cccc(Cl)c24)C3)C[C@@H]1CC#N. The number of amides is 3. The van der Waals surface area contributed by atoms with E-state index in [0.717, 1.165) is 33.5 Å². The first-order valence-electron chi connectivity index (χ1n) is 25.8. The number of halogens is 1. The molecule has 6 heterocycles. The van der Waals surface area contributed by atoms with E-state index in [2.05, 4.69) is 61.1 Å². The minimum Gasteiger partial charge on any atom is -0.508 e. The van der Waals surface area contributed by atoms with Crippen LogP contribution in [0.25, 0.3) is 27.8 Å². The molecule has 0 unspecified atom stereocenters. The molecule has 4 aliphatic heterocycles. The average Bonchev–Trinajstić information content (AvgIpc) is 3.99. The Morgan fingerprint density at radius 3 is 2.42 bits per heavy atom. The van der Waals surface area contributed by atoms with Gasteiger partial charge in [-0.3, -0.25) is 19.3 Å². The first-order valence-corrected chi connectivity index (χ1v) is 26.2. The van der Waals surface area contributed by atoms with Crippen LogP contribution in [-0.2, 0) is 22.6 Å². The number of likely N-dealkylation sites (tertiary alicyclic amines) is 2. The molecule has 20 heteroatoms. The van der Waals surface area contributed by atoms with E-state index >= 15 is 0 Å². The second-order valence-corrected chi connectivity index (χ2v) is 20.8. The molecule has 394 valence electrons. The van der Waals surface area contributed by atoms with Crippen molar-refractivity contribution in [3.05, 3.63) is 113 Å². The molecule has 10 rings (SSSR count). The van der Waals surface area contributed by atoms with E-state index in [1.165, 1.54) is 16.7 Å². The highest BCUT2D eigenvalue weighted by Gasteiger charge is 2.37. The lowest BCUT2D eigenvalue weighted by Gasteiger charge is -2.42. The van der Waals surface area contributed by atoms with Gasteiger partial charge in [0.1, 0.15) is 23.9 Å². The number of hydrogen-bond acceptors (Lipinski definition) is 15. The van der Waals surface area contributed by atoms with E-state index < -0.39 is 6.01 Å². The van der Waals surface area contributed by atoms with E-state index in [1.54, 1.807) is 40.1 Å². The maximum Gasteiger partial charge on any atom is 0.319 e. The number of phenolic OH excluding ortho intramolecular Hbond substituents is 2. The van der Waals surface area contributed by atoms with Gasteiger partial charge in [0.25, 0.3) is 5.91 Å². The number of fused-ring (bicyclic) bond motifs is 2. The maximum atomic E-state index is 13.8. The van der Waals surface area contributed by atoms with Crippen molar-refractivity contribution in [3.63, 3.8) is 0 Å². The number of benzene rings is 4. The van der Waals surface area contributed by atoms with Gasteiger partial charge < -0.3 is 45.0 Å². The molecule has 4 N–H and O–H groups in total. The molecule has 3 atom stereocenters. The van der Waals surface area contributed by atoms with Crippen molar-refractivity contribution in [2.75, 3.05) is 69.3 Å². The van der Waals surface area contributed by atoms with Gasteiger partial charge in [0.15, 0.2) is 5.82 Å². The molecular formula is C56H61ClN12O7. The number of carbonyl (C=O) groups excluding carboxylic acids is 3. The molecule has 0 radical (unpaired) electrons. The van der Waals surface area contributed by atoms with Crippen LogP contribution in [0.1, 0.15) is 72.6 Å². The third-order valence-electron chi connectivity index (χ3n) is 15.4. The molecule has 6 aromatic rings. The number of anilines is 2. The van der Waals surface area contributed by atoms with Gasteiger partial charge in [0.2, 0.25) is 11.8 Å². The lowest BCUT2D eigenvalue weighted by molar-refractivity contribution is -0.128. The number of piperidine rings is 1. The highest BCUT2D eigenvalue weighted by atomic mass is 35.5. The molecule has 0 spiro atoms. The molecular weight excluding hydrogens is 988 g/mol. The minimum absolute atomic E-state index is 0.0366. The fraction of sp³-hybridized carbons (Fsp3) is 0.393. The number of nitriles is 1. The number of likely N-dealkylation sites (N-methyl/N-ethyl adjacent to an activating group) is 1. The largest absolute Gasteiger partial charge is 0.508 e. The predicted octanol–water partition coefficient (Wildman–Crippen LogP) is 6.57. The van der Waals surface area contributed by atoms with Crippen molar-refractivity contribution in [2.24, 2.45) is 5.92 Å². The molecule has 3 amide bonds. The number of ether oxygens (including phenoxy) is 1. The Labute approximate surface area is 445 Å². The molecule has 0 bridgehead atoms. The summed E-state index contributed by atoms with van der Waals surface area (Å²) >= 11 is 6.80. The smallest absolute Gasteiger partial charge is 0.319 e. The van der Waals surface area contributed by atoms with Gasteiger partial charge in [-0.05, 0) is 98.1 Å². The highest BCUT2D eigenvalue weighted by molar-refractivity contribution is 6.36. The normalized spacial score (nSPS) is 19.2. The Balaban J connectivity index is 0.771. The van der Waals surface area contributed by atoms with Gasteiger partial charge in [-0.25, -0.2) is 4.57 Å². The summed E-state index contributed by atoms with van der Waals surface area (Å²) in [5.74, 6) is -0.0971. The first kappa shape index (κ1) is 51.5. The Morgan fingerprint density at radius 2 is 1.68 bits per heavy atom. The standard InChI is InChI=1S/C56H61ClN12O7/c1-5-49(72)68-25-24-67(30-39(68)16-20-58)51-41-19-23-66(46-11-7-9-34-8-6-10-44(57)50(34)46)31-45(41)60-55(61-51)76-32-40-26-37(29-64(40)4)59-53(73)35-17-21-65(22-18-35)54(74)36-12-14-38(15-13-36)69-52(62-63-56(69)75)43-27-42(33(2)3)47(70)28-48(43)71/h5-15,27-28,33,35,37,39-40,70-71H,1,16-19,21-26,29-32H2,2-4H3,(H,59,73)(H,63,75)/t37-,39-,40-/m0/s1. The van der Waals surface area contributed by atoms with E-state index in [4.69, 9.17) is 26.3 Å². The lowest BCUT2D eigenvalue weighted by Crippen LogP contribution is -2.55. The van der Waals surface area contributed by atoms with Crippen molar-refractivity contribution in [1.82, 2.24) is 44.7 Å². The van der Waals surface area contributed by atoms with Crippen LogP contribution in [0.15, 0.2) is 85.5 Å². The summed E-state index contributed by atoms with van der Waals surface area (Å²) in [6, 6.07) is 23.2. The summed E-state index contributed by atoms with van der Waals surface area (Å²) in [4.78, 5) is 60.5. The molecule has 0 saturated carbocycles. The second kappa shape index (κ2) is 21.7. The van der Waals surface area contributed by atoms with Crippen LogP contribution in [0.4, 0.5) is 11.5 Å². The zero-order valence-electron chi connectivity index (χ0n) is 42.8. The van der Waals surface area contributed by atoms with Crippen molar-refractivity contribution < 1.29 is 34.4 Å². The fourth-order valence-corrected chi connectivity index (χ4v) is 11.5. The number of hydrogen-bond donors (Lipinski definition) is 4. The van der Waals surface area contributed by atoms with Gasteiger partial charge in [-0.1, -0.05) is 61.4 Å². The molecule has 76 heavy (non-hydrogen) atoms. The van der Waals surface area contributed by atoms with Gasteiger partial charge in [0.05, 0.1) is 47.0 Å². The topological polar surface area (TPSA) is 230 Å². The van der Waals surface area contributed by atoms with Crippen LogP contribution in [0.2, 0.25) is 5.02 Å². The van der Waals surface area contributed by atoms with Crippen LogP contribution < -0.4 is 19.9 Å². The number of aromatic nitrogens is 5. The van der Waals surface area contributed by atoms with Crippen LogP contribution in [0.5, 0.6) is 23.5 Å². The number of carbonyl (C=O) groups is 3. The number of phenols is 2. The Hall–Kier alpha value is -7.95. The van der Waals surface area contributed by atoms with Crippen molar-refractivity contribution in [2.45, 2.75) is 76.5 Å². The van der Waals surface area contributed by atoms with Crippen molar-refractivity contribution >= 4 is 51.6 Å². The third kappa shape index (κ3) is 10.3. The van der Waals surface area contributed by atoms with Crippen LogP contribution in [0.3, 0.4) is 0 Å². The lowest BCUT2D eigenvalue weighted by atomic mass is 9.95. The zero-order chi connectivity index (χ0) is 53.4. The fourth-order valence-electron chi connectivity index (χ4n) is 11.3. The van der Waals surface area contributed by atoms with Crippen molar-refractivity contribution in [1.29, 1.82) is 5.26 Å². The summed E-state index contributed by atoms with van der Waals surface area (Å²) in [6.07, 6.45) is 3.80. The molecule has 19 nitrogen and oxygen atoms in total. The minimum atomic E-state index is -0.411.